The van der Waals surface area contributed by atoms with Gasteiger partial charge in [0.25, 0.3) is 5.52 Å². The molecule has 46 heavy (non-hydrogen) atoms. The molecule has 4 rings (SSSR count). The number of fused-ring (bicyclic) bond motifs is 2. The van der Waals surface area contributed by atoms with Crippen LogP contribution in [0.2, 0.25) is 0 Å². The third-order valence-corrected chi connectivity index (χ3v) is 14.6. The zero-order chi connectivity index (χ0) is 34.1. The number of amides is 2. The number of carbonyl (C=O) groups is 4. The Kier molecular flexibility index (Phi) is 15.1. The SMILES string of the molecule is CC(C)C(=O)N1CCN(CC23CC[P+](C(=O)C(C)C)(CO2)C3)CC1.CCC(C)C(=O)NCCOC1CCN(CC(=O)C(C)C)CC1. The number of rotatable bonds is 14. The molecule has 0 saturated carbocycles. The highest BCUT2D eigenvalue weighted by molar-refractivity contribution is 7.91. The molecular formula is C35H64N4O6P+. The Hall–Kier alpha value is -1.45. The molecule has 0 radical (unpaired) electrons. The van der Waals surface area contributed by atoms with Crippen LogP contribution < -0.4 is 5.32 Å². The molecule has 0 aliphatic carbocycles. The first-order valence-electron chi connectivity index (χ1n) is 17.9. The van der Waals surface area contributed by atoms with Crippen molar-refractivity contribution in [3.63, 3.8) is 0 Å². The molecule has 1 N–H and O–H groups in total. The predicted octanol–water partition coefficient (Wildman–Crippen LogP) is 3.97. The zero-order valence-corrected chi connectivity index (χ0v) is 31.0. The highest BCUT2D eigenvalue weighted by atomic mass is 31.2. The molecule has 4 aliphatic rings. The maximum absolute atomic E-state index is 12.7. The van der Waals surface area contributed by atoms with E-state index in [-0.39, 0.29) is 47.2 Å². The van der Waals surface area contributed by atoms with Crippen LogP contribution >= 0.6 is 7.26 Å². The Morgan fingerprint density at radius 2 is 1.54 bits per heavy atom. The summed E-state index contributed by atoms with van der Waals surface area (Å²) in [4.78, 5) is 54.8. The fraction of sp³-hybridized carbons (Fsp3) is 0.886. The molecule has 4 aliphatic heterocycles. The van der Waals surface area contributed by atoms with E-state index in [1.807, 2.05) is 60.3 Å². The topological polar surface area (TPSA) is 108 Å². The summed E-state index contributed by atoms with van der Waals surface area (Å²) >= 11 is 0. The van der Waals surface area contributed by atoms with E-state index in [2.05, 4.69) is 15.1 Å². The number of hydrogen-bond donors (Lipinski definition) is 1. The van der Waals surface area contributed by atoms with Gasteiger partial charge in [-0.3, -0.25) is 29.0 Å². The molecule has 10 nitrogen and oxygen atoms in total. The Bertz CT molecular complexity index is 1010. The fourth-order valence-electron chi connectivity index (χ4n) is 6.89. The summed E-state index contributed by atoms with van der Waals surface area (Å²) in [7, 11) is -1.53. The summed E-state index contributed by atoms with van der Waals surface area (Å²) in [5, 5.41) is 2.90. The van der Waals surface area contributed by atoms with Gasteiger partial charge in [0, 0.05) is 82.5 Å². The Morgan fingerprint density at radius 3 is 2.07 bits per heavy atom. The molecule has 4 fully saturated rings. The summed E-state index contributed by atoms with van der Waals surface area (Å²) < 4.78 is 12.1. The van der Waals surface area contributed by atoms with E-state index in [9.17, 15) is 19.2 Å². The van der Waals surface area contributed by atoms with Gasteiger partial charge in [-0.1, -0.05) is 55.4 Å². The quantitative estimate of drug-likeness (QED) is 0.219. The van der Waals surface area contributed by atoms with Gasteiger partial charge in [-0.05, 0) is 19.3 Å². The number of nitrogens with zero attached hydrogens (tertiary/aromatic N) is 3. The predicted molar refractivity (Wildman–Crippen MR) is 185 cm³/mol. The van der Waals surface area contributed by atoms with Crippen molar-refractivity contribution in [3.8, 4) is 0 Å². The van der Waals surface area contributed by atoms with Gasteiger partial charge < -0.3 is 19.7 Å². The van der Waals surface area contributed by atoms with Crippen LogP contribution in [0.3, 0.4) is 0 Å². The molecule has 2 bridgehead atoms. The Balaban J connectivity index is 0.000000252. The molecule has 2 amide bonds. The van der Waals surface area contributed by atoms with Gasteiger partial charge in [-0.15, -0.1) is 0 Å². The highest BCUT2D eigenvalue weighted by Crippen LogP contribution is 2.73. The molecule has 11 heteroatoms. The van der Waals surface area contributed by atoms with E-state index in [0.29, 0.717) is 31.0 Å². The average molecular weight is 668 g/mol. The normalized spacial score (nSPS) is 26.4. The van der Waals surface area contributed by atoms with E-state index >= 15 is 0 Å². The summed E-state index contributed by atoms with van der Waals surface area (Å²) in [6, 6.07) is 0. The molecule has 3 unspecified atom stereocenters. The third kappa shape index (κ3) is 10.8. The molecule has 3 atom stereocenters. The van der Waals surface area contributed by atoms with E-state index in [1.54, 1.807) is 0 Å². The largest absolute Gasteiger partial charge is 0.376 e. The van der Waals surface area contributed by atoms with Gasteiger partial charge in [-0.25, -0.2) is 0 Å². The van der Waals surface area contributed by atoms with E-state index in [0.717, 1.165) is 90.2 Å². The van der Waals surface area contributed by atoms with Crippen molar-refractivity contribution in [3.05, 3.63) is 0 Å². The Labute approximate surface area is 279 Å². The van der Waals surface area contributed by atoms with Crippen molar-refractivity contribution in [2.24, 2.45) is 23.7 Å². The maximum atomic E-state index is 12.7. The second-order valence-electron chi connectivity index (χ2n) is 15.1. The molecule has 0 aromatic rings. The van der Waals surface area contributed by atoms with Crippen LogP contribution in [0.4, 0.5) is 0 Å². The molecule has 0 aromatic carbocycles. The number of likely N-dealkylation sites (tertiary alicyclic amines) is 1. The van der Waals surface area contributed by atoms with Gasteiger partial charge in [-0.2, -0.15) is 0 Å². The van der Waals surface area contributed by atoms with Crippen LogP contribution in [0.25, 0.3) is 0 Å². The molecule has 4 heterocycles. The monoisotopic (exact) mass is 667 g/mol. The van der Waals surface area contributed by atoms with E-state index in [4.69, 9.17) is 9.47 Å². The van der Waals surface area contributed by atoms with Crippen LogP contribution in [0.1, 0.15) is 81.1 Å². The van der Waals surface area contributed by atoms with Crippen molar-refractivity contribution in [1.82, 2.24) is 20.0 Å². The minimum absolute atomic E-state index is 0.0710. The second kappa shape index (κ2) is 17.8. The lowest BCUT2D eigenvalue weighted by atomic mass is 10.0. The standard InChI is InChI=1S/C18H32N2O3P.C17H32N2O3/c1-14(2)16(21)20-8-6-19(7-9-20)11-18-5-10-24(12-18,13-23-18)17(22)15(3)4;1-5-14(4)17(21)18-8-11-22-15-6-9-19(10-7-15)12-16(20)13(2)3/h14-15H,5-13H2,1-4H3;13-15H,5-12H2,1-4H3,(H,18,21)/q+1;. The zero-order valence-electron chi connectivity index (χ0n) is 30.1. The fourth-order valence-corrected chi connectivity index (χ4v) is 11.7. The lowest BCUT2D eigenvalue weighted by Gasteiger charge is -2.38. The van der Waals surface area contributed by atoms with Crippen LogP contribution in [0.5, 0.6) is 0 Å². The highest BCUT2D eigenvalue weighted by Gasteiger charge is 2.66. The summed E-state index contributed by atoms with van der Waals surface area (Å²) in [5.41, 5.74) is 0.414. The van der Waals surface area contributed by atoms with Crippen molar-refractivity contribution in [2.75, 3.05) is 84.2 Å². The van der Waals surface area contributed by atoms with Crippen molar-refractivity contribution >= 4 is 30.4 Å². The van der Waals surface area contributed by atoms with E-state index in [1.165, 1.54) is 0 Å². The number of ketones is 1. The number of carbonyl (C=O) groups excluding carboxylic acids is 4. The number of piperidine rings is 1. The van der Waals surface area contributed by atoms with E-state index < -0.39 is 7.26 Å². The molecule has 0 aromatic heterocycles. The minimum Gasteiger partial charge on any atom is -0.376 e. The maximum Gasteiger partial charge on any atom is 0.272 e. The first-order chi connectivity index (χ1) is 21.7. The smallest absolute Gasteiger partial charge is 0.272 e. The van der Waals surface area contributed by atoms with Crippen molar-refractivity contribution < 1.29 is 28.7 Å². The first-order valence-corrected chi connectivity index (χ1v) is 20.2. The molecular weight excluding hydrogens is 603 g/mol. The first kappa shape index (κ1) is 39.0. The second-order valence-corrected chi connectivity index (χ2v) is 18.8. The number of ether oxygens (including phenoxy) is 2. The number of piperazine rings is 1. The van der Waals surface area contributed by atoms with Crippen LogP contribution in [-0.4, -0.2) is 134 Å². The average Bonchev–Trinajstić information content (AvgIpc) is 3.60. The molecule has 4 saturated heterocycles. The van der Waals surface area contributed by atoms with Crippen LogP contribution in [-0.2, 0) is 28.7 Å². The number of nitrogens with one attached hydrogen (secondary N) is 1. The van der Waals surface area contributed by atoms with Crippen LogP contribution in [0, 0.1) is 23.7 Å². The van der Waals surface area contributed by atoms with Gasteiger partial charge in [0.2, 0.25) is 11.8 Å². The van der Waals surface area contributed by atoms with Crippen LogP contribution in [0.15, 0.2) is 0 Å². The Morgan fingerprint density at radius 1 is 0.891 bits per heavy atom. The summed E-state index contributed by atoms with van der Waals surface area (Å²) in [5.74, 6) is 1.08. The van der Waals surface area contributed by atoms with Crippen molar-refractivity contribution in [2.45, 2.75) is 92.8 Å². The lowest BCUT2D eigenvalue weighted by Crippen LogP contribution is -2.54. The van der Waals surface area contributed by atoms with Crippen molar-refractivity contribution in [1.29, 1.82) is 0 Å². The number of hydrogen-bond acceptors (Lipinski definition) is 8. The van der Waals surface area contributed by atoms with Gasteiger partial charge in [0.1, 0.15) is 18.6 Å². The molecule has 264 valence electrons. The summed E-state index contributed by atoms with van der Waals surface area (Å²) in [6.07, 6.45) is 6.90. The van der Waals surface area contributed by atoms with Gasteiger partial charge >= 0.3 is 0 Å². The third-order valence-electron chi connectivity index (χ3n) is 10.2. The molecule has 0 spiro atoms. The minimum atomic E-state index is -1.53. The number of Topliss-reactive ketones (excluding diaryl/α,β-unsaturated/α-hetero) is 1. The lowest BCUT2D eigenvalue weighted by molar-refractivity contribution is -0.136. The van der Waals surface area contributed by atoms with Gasteiger partial charge in [0.15, 0.2) is 6.35 Å². The van der Waals surface area contributed by atoms with Gasteiger partial charge in [0.05, 0.1) is 31.6 Å². The summed E-state index contributed by atoms with van der Waals surface area (Å²) in [6.45, 7) is 23.8.